The molecule has 0 spiro atoms. The zero-order valence-electron chi connectivity index (χ0n) is 10.4. The predicted molar refractivity (Wildman–Crippen MR) is 74.1 cm³/mol. The first-order valence-corrected chi connectivity index (χ1v) is 6.81. The van der Waals surface area contributed by atoms with Gasteiger partial charge < -0.3 is 14.8 Å². The molecule has 0 aliphatic rings. The molecule has 3 rings (SSSR count). The largest absolute Gasteiger partial charge is 0.504 e. The first kappa shape index (κ1) is 12.8. The van der Waals surface area contributed by atoms with Gasteiger partial charge >= 0.3 is 0 Å². The molecule has 0 aliphatic heterocycles. The number of phenolic OH excluding ortho intramolecular Hbond substituents is 2. The van der Waals surface area contributed by atoms with Crippen LogP contribution in [-0.2, 0) is 11.1 Å². The van der Waals surface area contributed by atoms with Gasteiger partial charge in [-0.25, -0.2) is 14.2 Å². The highest BCUT2D eigenvalue weighted by Crippen LogP contribution is 2.30. The van der Waals surface area contributed by atoms with Crippen LogP contribution in [0, 0.1) is 6.92 Å². The number of rotatable bonds is 1. The zero-order chi connectivity index (χ0) is 14.4. The molecular formula is C13H10N2O4S. The lowest BCUT2D eigenvalue weighted by molar-refractivity contribution is 0.404. The molecule has 1 unspecified atom stereocenters. The van der Waals surface area contributed by atoms with Crippen LogP contribution in [-0.4, -0.2) is 28.9 Å². The minimum absolute atomic E-state index is 0.242. The van der Waals surface area contributed by atoms with Gasteiger partial charge in [-0.3, -0.25) is 0 Å². The third kappa shape index (κ3) is 1.97. The molecule has 3 N–H and O–H groups in total. The monoisotopic (exact) mass is 290 g/mol. The summed E-state index contributed by atoms with van der Waals surface area (Å²) < 4.78 is 20.3. The van der Waals surface area contributed by atoms with E-state index in [2.05, 4.69) is 9.97 Å². The quantitative estimate of drug-likeness (QED) is 0.360. The number of aromatic hydroxyl groups is 2. The van der Waals surface area contributed by atoms with E-state index in [0.29, 0.717) is 27.6 Å². The number of hydrogen-bond acceptors (Lipinski definition) is 5. The van der Waals surface area contributed by atoms with Crippen molar-refractivity contribution in [1.29, 1.82) is 0 Å². The van der Waals surface area contributed by atoms with Gasteiger partial charge in [-0.2, -0.15) is 0 Å². The maximum Gasteiger partial charge on any atom is 0.186 e. The molecule has 0 fully saturated rings. The molecule has 20 heavy (non-hydrogen) atoms. The minimum atomic E-state index is -2.09. The van der Waals surface area contributed by atoms with Crippen molar-refractivity contribution in [3.8, 4) is 11.5 Å². The van der Waals surface area contributed by atoms with E-state index >= 15 is 0 Å². The summed E-state index contributed by atoms with van der Waals surface area (Å²) in [6.45, 7) is 1.76. The molecule has 7 heteroatoms. The second kappa shape index (κ2) is 4.39. The number of hydrogen-bond donors (Lipinski definition) is 3. The van der Waals surface area contributed by atoms with E-state index in [-0.39, 0.29) is 16.4 Å². The number of nitrogens with zero attached hydrogens (tertiary/aromatic N) is 2. The van der Waals surface area contributed by atoms with Crippen molar-refractivity contribution in [3.63, 3.8) is 0 Å². The Balaban J connectivity index is 2.41. The summed E-state index contributed by atoms with van der Waals surface area (Å²) in [6, 6.07) is 5.68. The van der Waals surface area contributed by atoms with E-state index in [9.17, 15) is 14.4 Å². The summed E-state index contributed by atoms with van der Waals surface area (Å²) in [6.07, 6.45) is 0. The molecule has 102 valence electrons. The van der Waals surface area contributed by atoms with Crippen LogP contribution in [0.5, 0.6) is 11.5 Å². The summed E-state index contributed by atoms with van der Waals surface area (Å²) in [7, 11) is 0. The Kier molecular flexibility index (Phi) is 2.81. The highest BCUT2D eigenvalue weighted by atomic mass is 32.2. The fourth-order valence-electron chi connectivity index (χ4n) is 2.04. The summed E-state index contributed by atoms with van der Waals surface area (Å²) in [5.41, 5.74) is 2.58. The Labute approximate surface area is 116 Å². The molecule has 6 nitrogen and oxygen atoms in total. The highest BCUT2D eigenvalue weighted by molar-refractivity contribution is 7.79. The molecule has 0 saturated carbocycles. The fraction of sp³-hybridized carbons (Fsp3) is 0.0769. The second-order valence-corrected chi connectivity index (χ2v) is 5.38. The lowest BCUT2D eigenvalue weighted by Crippen LogP contribution is -1.95. The number of benzene rings is 2. The third-order valence-corrected chi connectivity index (χ3v) is 3.64. The molecule has 0 amide bonds. The van der Waals surface area contributed by atoms with Crippen LogP contribution >= 0.6 is 0 Å². The van der Waals surface area contributed by atoms with Crippen LogP contribution in [0.15, 0.2) is 29.2 Å². The average molecular weight is 290 g/mol. The van der Waals surface area contributed by atoms with Gasteiger partial charge in [-0.05, 0) is 24.6 Å². The number of fused-ring (bicyclic) bond motifs is 2. The smallest absolute Gasteiger partial charge is 0.186 e. The van der Waals surface area contributed by atoms with Gasteiger partial charge in [0.2, 0.25) is 0 Å². The molecule has 1 aromatic heterocycles. The maximum atomic E-state index is 11.1. The maximum absolute atomic E-state index is 11.1. The number of phenols is 2. The van der Waals surface area contributed by atoms with Crippen molar-refractivity contribution in [3.05, 3.63) is 29.8 Å². The van der Waals surface area contributed by atoms with Gasteiger partial charge in [-0.1, -0.05) is 0 Å². The number of aryl methyl sites for hydroxylation is 1. The van der Waals surface area contributed by atoms with Gasteiger partial charge in [0.25, 0.3) is 0 Å². The summed E-state index contributed by atoms with van der Waals surface area (Å²) in [5, 5.41) is 19.0. The Morgan fingerprint density at radius 2 is 1.55 bits per heavy atom. The predicted octanol–water partition coefficient (Wildman–Crippen LogP) is 2.08. The van der Waals surface area contributed by atoms with E-state index in [4.69, 9.17) is 4.55 Å². The van der Waals surface area contributed by atoms with Crippen molar-refractivity contribution in [2.45, 2.75) is 11.8 Å². The molecule has 2 aromatic carbocycles. The van der Waals surface area contributed by atoms with Gasteiger partial charge in [-0.15, -0.1) is 0 Å². The zero-order valence-corrected chi connectivity index (χ0v) is 11.2. The Morgan fingerprint density at radius 3 is 2.15 bits per heavy atom. The lowest BCUT2D eigenvalue weighted by Gasteiger charge is -2.06. The molecule has 0 aliphatic carbocycles. The molecule has 0 bridgehead atoms. The van der Waals surface area contributed by atoms with Crippen molar-refractivity contribution in [2.24, 2.45) is 0 Å². The first-order chi connectivity index (χ1) is 9.45. The van der Waals surface area contributed by atoms with Crippen LogP contribution in [0.4, 0.5) is 0 Å². The highest BCUT2D eigenvalue weighted by Gasteiger charge is 2.11. The van der Waals surface area contributed by atoms with Crippen LogP contribution < -0.4 is 0 Å². The topological polar surface area (TPSA) is 104 Å². The normalized spacial score (nSPS) is 12.9. The first-order valence-electron chi connectivity index (χ1n) is 5.70. The molecular weight excluding hydrogens is 280 g/mol. The minimum Gasteiger partial charge on any atom is -0.504 e. The molecule has 0 radical (unpaired) electrons. The van der Waals surface area contributed by atoms with Crippen molar-refractivity contribution >= 4 is 33.1 Å². The van der Waals surface area contributed by atoms with E-state index in [1.54, 1.807) is 13.0 Å². The molecule has 1 atom stereocenters. The van der Waals surface area contributed by atoms with E-state index in [1.165, 1.54) is 18.2 Å². The Morgan fingerprint density at radius 1 is 0.950 bits per heavy atom. The summed E-state index contributed by atoms with van der Waals surface area (Å²) in [4.78, 5) is 8.91. The van der Waals surface area contributed by atoms with Crippen molar-refractivity contribution < 1.29 is 19.0 Å². The molecule has 0 saturated heterocycles. The Bertz CT molecular complexity index is 879. The van der Waals surface area contributed by atoms with E-state index in [0.717, 1.165) is 0 Å². The number of aromatic nitrogens is 2. The van der Waals surface area contributed by atoms with E-state index < -0.39 is 11.1 Å². The average Bonchev–Trinajstić information content (AvgIpc) is 2.38. The van der Waals surface area contributed by atoms with Crippen LogP contribution in [0.1, 0.15) is 5.56 Å². The van der Waals surface area contributed by atoms with Gasteiger partial charge in [0.15, 0.2) is 22.6 Å². The summed E-state index contributed by atoms with van der Waals surface area (Å²) in [5.74, 6) is -0.554. The van der Waals surface area contributed by atoms with E-state index in [1.807, 2.05) is 0 Å². The molecule has 1 heterocycles. The van der Waals surface area contributed by atoms with Crippen LogP contribution in [0.3, 0.4) is 0 Å². The van der Waals surface area contributed by atoms with Gasteiger partial charge in [0.05, 0.1) is 27.0 Å². The van der Waals surface area contributed by atoms with Crippen molar-refractivity contribution in [1.82, 2.24) is 9.97 Å². The third-order valence-electron chi connectivity index (χ3n) is 3.00. The summed E-state index contributed by atoms with van der Waals surface area (Å²) >= 11 is -2.09. The van der Waals surface area contributed by atoms with Gasteiger partial charge in [0, 0.05) is 12.1 Å². The van der Waals surface area contributed by atoms with Crippen LogP contribution in [0.25, 0.3) is 22.1 Å². The Hall–Kier alpha value is -2.25. The van der Waals surface area contributed by atoms with Gasteiger partial charge in [0.1, 0.15) is 0 Å². The molecule has 3 aromatic rings. The standard InChI is InChI=1S/C13H10N2O4S/c1-6-2-7(20(18)19)3-10-13(6)15-9-5-12(17)11(16)4-8(9)14-10/h2-5,16-17H,1H3,(H,18,19). The SMILES string of the molecule is Cc1cc(S(=O)O)cc2nc3cc(O)c(O)cc3nc12. The second-order valence-electron chi connectivity index (χ2n) is 4.41. The van der Waals surface area contributed by atoms with Crippen molar-refractivity contribution in [2.75, 3.05) is 0 Å². The fourth-order valence-corrected chi connectivity index (χ4v) is 2.53. The lowest BCUT2D eigenvalue weighted by atomic mass is 10.2. The van der Waals surface area contributed by atoms with Crippen LogP contribution in [0.2, 0.25) is 0 Å².